The third kappa shape index (κ3) is 3.90. The Morgan fingerprint density at radius 1 is 1.15 bits per heavy atom. The summed E-state index contributed by atoms with van der Waals surface area (Å²) in [5.41, 5.74) is 1.20. The third-order valence-electron chi connectivity index (χ3n) is 1.67. The molecular weight excluding hydrogens is 184 g/mol. The van der Waals surface area contributed by atoms with Crippen LogP contribution in [0.15, 0.2) is 36.4 Å². The number of aldehydes is 1. The molecule has 0 amide bonds. The van der Waals surface area contributed by atoms with Crippen LogP contribution in [0.25, 0.3) is 0 Å². The Morgan fingerprint density at radius 3 is 2.46 bits per heavy atom. The van der Waals surface area contributed by atoms with Gasteiger partial charge in [0, 0.05) is 11.4 Å². The molecule has 68 valence electrons. The van der Waals surface area contributed by atoms with E-state index in [0.29, 0.717) is 6.42 Å². The highest BCUT2D eigenvalue weighted by Crippen LogP contribution is 2.10. The van der Waals surface area contributed by atoms with E-state index in [-0.39, 0.29) is 0 Å². The first kappa shape index (κ1) is 10.0. The molecule has 0 fully saturated rings. The maximum absolute atomic E-state index is 9.99. The van der Waals surface area contributed by atoms with E-state index in [1.165, 1.54) is 5.56 Å². The zero-order valence-electron chi connectivity index (χ0n) is 7.24. The second-order valence-electron chi connectivity index (χ2n) is 2.70. The highest BCUT2D eigenvalue weighted by molar-refractivity contribution is 6.30. The van der Waals surface area contributed by atoms with Crippen LogP contribution in [-0.4, -0.2) is 6.29 Å². The van der Waals surface area contributed by atoms with E-state index in [1.54, 1.807) is 0 Å². The van der Waals surface area contributed by atoms with Crippen molar-refractivity contribution >= 4 is 17.9 Å². The monoisotopic (exact) mass is 194 g/mol. The molecule has 0 radical (unpaired) electrons. The molecule has 2 heteroatoms. The summed E-state index contributed by atoms with van der Waals surface area (Å²) in [4.78, 5) is 9.99. The number of carbonyl (C=O) groups is 1. The SMILES string of the molecule is O=CCC=CCc1ccc(Cl)cc1. The van der Waals surface area contributed by atoms with Crippen LogP contribution in [0.2, 0.25) is 5.02 Å². The molecule has 0 saturated carbocycles. The Hall–Kier alpha value is -1.08. The van der Waals surface area contributed by atoms with Crippen LogP contribution in [0, 0.1) is 0 Å². The molecule has 1 rings (SSSR count). The zero-order valence-corrected chi connectivity index (χ0v) is 8.00. The van der Waals surface area contributed by atoms with Crippen molar-refractivity contribution in [1.82, 2.24) is 0 Å². The molecule has 0 heterocycles. The number of hydrogen-bond acceptors (Lipinski definition) is 1. The summed E-state index contributed by atoms with van der Waals surface area (Å²) in [6, 6.07) is 7.69. The van der Waals surface area contributed by atoms with Gasteiger partial charge in [-0.1, -0.05) is 35.9 Å². The van der Waals surface area contributed by atoms with Crippen molar-refractivity contribution in [2.75, 3.05) is 0 Å². The summed E-state index contributed by atoms with van der Waals surface area (Å²) >= 11 is 5.73. The lowest BCUT2D eigenvalue weighted by molar-refractivity contribution is -0.107. The molecule has 0 aliphatic rings. The average Bonchev–Trinajstić information content (AvgIpc) is 2.15. The summed E-state index contributed by atoms with van der Waals surface area (Å²) in [6.45, 7) is 0. The van der Waals surface area contributed by atoms with E-state index < -0.39 is 0 Å². The van der Waals surface area contributed by atoms with Crippen LogP contribution in [-0.2, 0) is 11.2 Å². The van der Waals surface area contributed by atoms with Gasteiger partial charge in [0.25, 0.3) is 0 Å². The van der Waals surface area contributed by atoms with E-state index >= 15 is 0 Å². The van der Waals surface area contributed by atoms with E-state index in [4.69, 9.17) is 11.6 Å². The Labute approximate surface area is 83.0 Å². The van der Waals surface area contributed by atoms with E-state index in [2.05, 4.69) is 0 Å². The fourth-order valence-corrected chi connectivity index (χ4v) is 1.12. The van der Waals surface area contributed by atoms with Gasteiger partial charge < -0.3 is 4.79 Å². The number of hydrogen-bond donors (Lipinski definition) is 0. The van der Waals surface area contributed by atoms with Crippen LogP contribution in [0.3, 0.4) is 0 Å². The second kappa shape index (κ2) is 5.55. The molecule has 1 aromatic carbocycles. The third-order valence-corrected chi connectivity index (χ3v) is 1.92. The average molecular weight is 195 g/mol. The number of allylic oxidation sites excluding steroid dienone is 2. The number of carbonyl (C=O) groups excluding carboxylic acids is 1. The molecule has 0 saturated heterocycles. The molecule has 1 aromatic rings. The molecule has 0 aromatic heterocycles. The van der Waals surface area contributed by atoms with Gasteiger partial charge in [0.05, 0.1) is 0 Å². The first-order valence-corrected chi connectivity index (χ1v) is 4.54. The normalized spacial score (nSPS) is 10.5. The van der Waals surface area contributed by atoms with Gasteiger partial charge in [-0.15, -0.1) is 0 Å². The van der Waals surface area contributed by atoms with Crippen molar-refractivity contribution < 1.29 is 4.79 Å². The fraction of sp³-hybridized carbons (Fsp3) is 0.182. The van der Waals surface area contributed by atoms with Gasteiger partial charge in [-0.05, 0) is 24.1 Å². The summed E-state index contributed by atoms with van der Waals surface area (Å²) < 4.78 is 0. The molecule has 13 heavy (non-hydrogen) atoms. The summed E-state index contributed by atoms with van der Waals surface area (Å²) in [5, 5.41) is 0.751. The minimum atomic E-state index is 0.494. The Kier molecular flexibility index (Phi) is 4.27. The predicted molar refractivity (Wildman–Crippen MR) is 55.0 cm³/mol. The largest absolute Gasteiger partial charge is 0.303 e. The van der Waals surface area contributed by atoms with Crippen LogP contribution in [0.4, 0.5) is 0 Å². The maximum Gasteiger partial charge on any atom is 0.123 e. The predicted octanol–water partition coefficient (Wildman–Crippen LogP) is 3.03. The van der Waals surface area contributed by atoms with Gasteiger partial charge in [0.1, 0.15) is 6.29 Å². The molecule has 0 N–H and O–H groups in total. The van der Waals surface area contributed by atoms with Gasteiger partial charge in [0.15, 0.2) is 0 Å². The van der Waals surface area contributed by atoms with Crippen molar-refractivity contribution in [3.05, 3.63) is 47.0 Å². The lowest BCUT2D eigenvalue weighted by Crippen LogP contribution is -1.79. The summed E-state index contributed by atoms with van der Waals surface area (Å²) in [7, 11) is 0. The van der Waals surface area contributed by atoms with Gasteiger partial charge in [-0.25, -0.2) is 0 Å². The Morgan fingerprint density at radius 2 is 1.85 bits per heavy atom. The van der Waals surface area contributed by atoms with Crippen molar-refractivity contribution in [3.63, 3.8) is 0 Å². The highest BCUT2D eigenvalue weighted by atomic mass is 35.5. The standard InChI is InChI=1S/C11H11ClO/c12-11-7-5-10(6-8-11)4-2-1-3-9-13/h1-2,5-9H,3-4H2. The lowest BCUT2D eigenvalue weighted by Gasteiger charge is -1.95. The van der Waals surface area contributed by atoms with Gasteiger partial charge in [-0.3, -0.25) is 0 Å². The number of benzene rings is 1. The maximum atomic E-state index is 9.99. The van der Waals surface area contributed by atoms with Crippen molar-refractivity contribution in [1.29, 1.82) is 0 Å². The summed E-state index contributed by atoms with van der Waals surface area (Å²) in [5.74, 6) is 0. The summed E-state index contributed by atoms with van der Waals surface area (Å²) in [6.07, 6.45) is 6.08. The van der Waals surface area contributed by atoms with E-state index in [0.717, 1.165) is 17.7 Å². The van der Waals surface area contributed by atoms with Crippen LogP contribution in [0.5, 0.6) is 0 Å². The van der Waals surface area contributed by atoms with E-state index in [9.17, 15) is 4.79 Å². The zero-order chi connectivity index (χ0) is 9.52. The lowest BCUT2D eigenvalue weighted by atomic mass is 10.1. The first-order valence-electron chi connectivity index (χ1n) is 4.16. The second-order valence-corrected chi connectivity index (χ2v) is 3.14. The Balaban J connectivity index is 2.45. The quantitative estimate of drug-likeness (QED) is 0.532. The minimum Gasteiger partial charge on any atom is -0.303 e. The topological polar surface area (TPSA) is 17.1 Å². The number of halogens is 1. The van der Waals surface area contributed by atoms with Crippen molar-refractivity contribution in [2.45, 2.75) is 12.8 Å². The molecular formula is C11H11ClO. The highest BCUT2D eigenvalue weighted by Gasteiger charge is 1.88. The van der Waals surface area contributed by atoms with Crippen LogP contribution < -0.4 is 0 Å². The molecule has 1 nitrogen and oxygen atoms in total. The smallest absolute Gasteiger partial charge is 0.123 e. The van der Waals surface area contributed by atoms with Crippen LogP contribution >= 0.6 is 11.6 Å². The van der Waals surface area contributed by atoms with Gasteiger partial charge in [-0.2, -0.15) is 0 Å². The molecule has 0 aliphatic carbocycles. The van der Waals surface area contributed by atoms with Crippen molar-refractivity contribution in [3.8, 4) is 0 Å². The first-order chi connectivity index (χ1) is 6.33. The van der Waals surface area contributed by atoms with Gasteiger partial charge >= 0.3 is 0 Å². The molecule has 0 unspecified atom stereocenters. The number of rotatable bonds is 4. The Bertz CT molecular complexity index is 287. The fourth-order valence-electron chi connectivity index (χ4n) is 0.992. The molecule has 0 bridgehead atoms. The minimum absolute atomic E-state index is 0.494. The molecule has 0 spiro atoms. The van der Waals surface area contributed by atoms with Crippen molar-refractivity contribution in [2.24, 2.45) is 0 Å². The van der Waals surface area contributed by atoms with Gasteiger partial charge in [0.2, 0.25) is 0 Å². The van der Waals surface area contributed by atoms with E-state index in [1.807, 2.05) is 36.4 Å². The molecule has 0 aliphatic heterocycles. The van der Waals surface area contributed by atoms with Crippen LogP contribution in [0.1, 0.15) is 12.0 Å². The molecule has 0 atom stereocenters.